The highest BCUT2D eigenvalue weighted by Gasteiger charge is 2.29. The molecule has 2 atom stereocenters. The van der Waals surface area contributed by atoms with Crippen molar-refractivity contribution in [1.29, 1.82) is 0 Å². The van der Waals surface area contributed by atoms with Crippen LogP contribution in [0.3, 0.4) is 0 Å². The number of amides is 3. The van der Waals surface area contributed by atoms with Gasteiger partial charge in [0.1, 0.15) is 11.6 Å². The second kappa shape index (κ2) is 13.3. The Morgan fingerprint density at radius 3 is 1.97 bits per heavy atom. The summed E-state index contributed by atoms with van der Waals surface area (Å²) in [6.07, 6.45) is 0.0181. The number of ketones is 1. The number of alkyl carbamates (subject to hydrolysis) is 1. The lowest BCUT2D eigenvalue weighted by Crippen LogP contribution is -2.53. The second-order valence-corrected chi connectivity index (χ2v) is 11.3. The van der Waals surface area contributed by atoms with E-state index in [1.54, 1.807) is 20.8 Å². The average Bonchev–Trinajstić information content (AvgIpc) is 2.68. The maximum atomic E-state index is 13.3. The maximum Gasteiger partial charge on any atom is 0.408 e. The molecule has 0 fully saturated rings. The molecule has 196 valence electrons. The van der Waals surface area contributed by atoms with Crippen molar-refractivity contribution in [2.24, 2.45) is 5.92 Å². The minimum atomic E-state index is -0.932. The van der Waals surface area contributed by atoms with Crippen molar-refractivity contribution < 1.29 is 23.9 Å². The molecule has 0 saturated heterocycles. The fourth-order valence-electron chi connectivity index (χ4n) is 3.42. The molecule has 0 heterocycles. The van der Waals surface area contributed by atoms with Crippen LogP contribution in [0.2, 0.25) is 0 Å². The van der Waals surface area contributed by atoms with Crippen LogP contribution in [0.1, 0.15) is 80.2 Å². The van der Waals surface area contributed by atoms with Crippen LogP contribution >= 0.6 is 0 Å². The van der Waals surface area contributed by atoms with E-state index in [2.05, 4.69) is 16.0 Å². The van der Waals surface area contributed by atoms with Gasteiger partial charge in [-0.1, -0.05) is 44.2 Å². The van der Waals surface area contributed by atoms with Crippen LogP contribution in [0.25, 0.3) is 0 Å². The molecular formula is C27H43N3O5. The summed E-state index contributed by atoms with van der Waals surface area (Å²) in [5, 5.41) is 8.31. The molecule has 0 saturated carbocycles. The van der Waals surface area contributed by atoms with Crippen LogP contribution in [-0.4, -0.2) is 46.9 Å². The maximum absolute atomic E-state index is 13.3. The number of nitrogens with one attached hydrogen (secondary N) is 3. The molecule has 0 unspecified atom stereocenters. The molecular weight excluding hydrogens is 446 g/mol. The van der Waals surface area contributed by atoms with Gasteiger partial charge in [0.2, 0.25) is 11.8 Å². The quantitative estimate of drug-likeness (QED) is 0.436. The number of rotatable bonds is 11. The molecule has 0 aliphatic rings. The van der Waals surface area contributed by atoms with Gasteiger partial charge in [0.25, 0.3) is 0 Å². The van der Waals surface area contributed by atoms with Crippen molar-refractivity contribution in [2.45, 2.75) is 104 Å². The van der Waals surface area contributed by atoms with E-state index in [0.717, 1.165) is 5.56 Å². The zero-order chi connectivity index (χ0) is 26.8. The van der Waals surface area contributed by atoms with Gasteiger partial charge >= 0.3 is 6.09 Å². The Balaban J connectivity index is 2.96. The van der Waals surface area contributed by atoms with Crippen LogP contribution in [0.4, 0.5) is 4.79 Å². The largest absolute Gasteiger partial charge is 0.444 e. The van der Waals surface area contributed by atoms with E-state index < -0.39 is 29.7 Å². The fraction of sp³-hybridized carbons (Fsp3) is 0.630. The Morgan fingerprint density at radius 1 is 0.857 bits per heavy atom. The molecule has 35 heavy (non-hydrogen) atoms. The molecule has 0 bridgehead atoms. The highest BCUT2D eigenvalue weighted by molar-refractivity contribution is 5.93. The minimum absolute atomic E-state index is 0.0163. The summed E-state index contributed by atoms with van der Waals surface area (Å²) in [5.41, 5.74) is -0.250. The molecule has 1 rings (SSSR count). The van der Waals surface area contributed by atoms with Gasteiger partial charge in [0.15, 0.2) is 5.78 Å². The Kier molecular flexibility index (Phi) is 11.4. The van der Waals surface area contributed by atoms with Gasteiger partial charge in [-0.2, -0.15) is 0 Å². The molecule has 3 amide bonds. The third-order valence-corrected chi connectivity index (χ3v) is 4.82. The number of ether oxygens (including phenoxy) is 1. The van der Waals surface area contributed by atoms with Crippen LogP contribution < -0.4 is 16.0 Å². The van der Waals surface area contributed by atoms with E-state index in [0.29, 0.717) is 6.42 Å². The first-order valence-corrected chi connectivity index (χ1v) is 12.2. The summed E-state index contributed by atoms with van der Waals surface area (Å²) < 4.78 is 5.34. The first kappa shape index (κ1) is 30.1. The zero-order valence-corrected chi connectivity index (χ0v) is 22.5. The van der Waals surface area contributed by atoms with Gasteiger partial charge in [-0.3, -0.25) is 14.4 Å². The SMILES string of the molecule is CC(C)C[C@H](NC(=O)[C@H](Cc1ccccc1)NC(=O)OC(C)(C)C)C(=O)CCC(=O)NC(C)(C)C. The third kappa shape index (κ3) is 13.5. The van der Waals surface area contributed by atoms with Gasteiger partial charge in [-0.15, -0.1) is 0 Å². The first-order valence-electron chi connectivity index (χ1n) is 12.2. The minimum Gasteiger partial charge on any atom is -0.444 e. The van der Waals surface area contributed by atoms with Crippen molar-refractivity contribution in [3.05, 3.63) is 35.9 Å². The predicted octanol–water partition coefficient (Wildman–Crippen LogP) is 3.92. The molecule has 1 aromatic carbocycles. The van der Waals surface area contributed by atoms with Gasteiger partial charge in [0, 0.05) is 24.8 Å². The molecule has 8 heteroatoms. The Bertz CT molecular complexity index is 854. The van der Waals surface area contributed by atoms with Crippen LogP contribution in [0.15, 0.2) is 30.3 Å². The Morgan fingerprint density at radius 2 is 1.46 bits per heavy atom. The van der Waals surface area contributed by atoms with Crippen molar-refractivity contribution in [3.63, 3.8) is 0 Å². The first-order chi connectivity index (χ1) is 16.1. The van der Waals surface area contributed by atoms with E-state index in [4.69, 9.17) is 4.74 Å². The molecule has 8 nitrogen and oxygen atoms in total. The summed E-state index contributed by atoms with van der Waals surface area (Å²) >= 11 is 0. The van der Waals surface area contributed by atoms with E-state index in [1.165, 1.54) is 0 Å². The van der Waals surface area contributed by atoms with E-state index in [1.807, 2.05) is 65.0 Å². The molecule has 0 spiro atoms. The monoisotopic (exact) mass is 489 g/mol. The highest BCUT2D eigenvalue weighted by atomic mass is 16.6. The highest BCUT2D eigenvalue weighted by Crippen LogP contribution is 2.12. The molecule has 1 aromatic rings. The summed E-state index contributed by atoms with van der Waals surface area (Å²) in [5.74, 6) is -0.766. The molecule has 0 aliphatic carbocycles. The third-order valence-electron chi connectivity index (χ3n) is 4.82. The van der Waals surface area contributed by atoms with Gasteiger partial charge in [-0.25, -0.2) is 4.79 Å². The number of hydrogen-bond acceptors (Lipinski definition) is 5. The topological polar surface area (TPSA) is 114 Å². The van der Waals surface area contributed by atoms with E-state index in [9.17, 15) is 19.2 Å². The Labute approximate surface area is 210 Å². The van der Waals surface area contributed by atoms with Crippen molar-refractivity contribution in [3.8, 4) is 0 Å². The number of benzene rings is 1. The van der Waals surface area contributed by atoms with Crippen molar-refractivity contribution in [1.82, 2.24) is 16.0 Å². The lowest BCUT2D eigenvalue weighted by Gasteiger charge is -2.26. The van der Waals surface area contributed by atoms with Crippen LogP contribution in [-0.2, 0) is 25.5 Å². The van der Waals surface area contributed by atoms with Crippen molar-refractivity contribution >= 4 is 23.7 Å². The predicted molar refractivity (Wildman–Crippen MR) is 137 cm³/mol. The Hall–Kier alpha value is -2.90. The lowest BCUT2D eigenvalue weighted by molar-refractivity contribution is -0.130. The normalized spacial score (nSPS) is 13.5. The fourth-order valence-corrected chi connectivity index (χ4v) is 3.42. The standard InChI is InChI=1S/C27H43N3O5/c1-18(2)16-20(22(31)14-15-23(32)30-26(3,4)5)28-24(33)21(17-19-12-10-9-11-13-19)29-25(34)35-27(6,7)8/h9-13,18,20-21H,14-17H2,1-8H3,(H,28,33)(H,29,34)(H,30,32)/t20-,21-/m0/s1. The molecule has 3 N–H and O–H groups in total. The van der Waals surface area contributed by atoms with Crippen molar-refractivity contribution in [2.75, 3.05) is 0 Å². The molecule has 0 aliphatic heterocycles. The second-order valence-electron chi connectivity index (χ2n) is 11.3. The van der Waals surface area contributed by atoms with Gasteiger partial charge in [0.05, 0.1) is 6.04 Å². The lowest BCUT2D eigenvalue weighted by atomic mass is 9.96. The zero-order valence-electron chi connectivity index (χ0n) is 22.5. The number of carbonyl (C=O) groups is 4. The summed E-state index contributed by atoms with van der Waals surface area (Å²) in [6, 6.07) is 7.61. The number of hydrogen-bond donors (Lipinski definition) is 3. The van der Waals surface area contributed by atoms with Gasteiger partial charge in [-0.05, 0) is 59.4 Å². The van der Waals surface area contributed by atoms with Gasteiger partial charge < -0.3 is 20.7 Å². The van der Waals surface area contributed by atoms with E-state index >= 15 is 0 Å². The van der Waals surface area contributed by atoms with Crippen LogP contribution in [0, 0.1) is 5.92 Å². The van der Waals surface area contributed by atoms with Crippen LogP contribution in [0.5, 0.6) is 0 Å². The number of carbonyl (C=O) groups excluding carboxylic acids is 4. The summed E-state index contributed by atoms with van der Waals surface area (Å²) in [7, 11) is 0. The molecule has 0 aromatic heterocycles. The summed E-state index contributed by atoms with van der Waals surface area (Å²) in [6.45, 7) is 14.8. The summed E-state index contributed by atoms with van der Waals surface area (Å²) in [4.78, 5) is 50.8. The number of Topliss-reactive ketones (excluding diaryl/α,β-unsaturated/α-hetero) is 1. The van der Waals surface area contributed by atoms with E-state index in [-0.39, 0.29) is 42.4 Å². The smallest absolute Gasteiger partial charge is 0.408 e. The average molecular weight is 490 g/mol. The molecule has 0 radical (unpaired) electrons.